The van der Waals surface area contributed by atoms with Crippen molar-refractivity contribution >= 4 is 17.4 Å². The predicted molar refractivity (Wildman–Crippen MR) is 113 cm³/mol. The van der Waals surface area contributed by atoms with Crippen LogP contribution in [0.5, 0.6) is 0 Å². The summed E-state index contributed by atoms with van der Waals surface area (Å²) in [6.07, 6.45) is 5.06. The van der Waals surface area contributed by atoms with E-state index in [1.54, 1.807) is 27.9 Å². The first-order valence-corrected chi connectivity index (χ1v) is 10.1. The topological polar surface area (TPSA) is 86.8 Å². The normalized spacial score (nSPS) is 14.5. The molecule has 1 aliphatic rings. The lowest BCUT2D eigenvalue weighted by Gasteiger charge is -2.36. The lowest BCUT2D eigenvalue weighted by Crippen LogP contribution is -2.46. The van der Waals surface area contributed by atoms with Crippen molar-refractivity contribution in [3.05, 3.63) is 48.3 Å². The van der Waals surface area contributed by atoms with Gasteiger partial charge < -0.3 is 14.5 Å². The van der Waals surface area contributed by atoms with Crippen molar-refractivity contribution in [2.75, 3.05) is 31.6 Å². The molecular formula is C22H24N6O2. The average Bonchev–Trinajstić information content (AvgIpc) is 3.22. The van der Waals surface area contributed by atoms with E-state index in [9.17, 15) is 10.1 Å². The number of nitriles is 1. The summed E-state index contributed by atoms with van der Waals surface area (Å²) in [7, 11) is 2.04. The molecule has 4 rings (SSSR count). The van der Waals surface area contributed by atoms with Gasteiger partial charge in [-0.05, 0) is 44.0 Å². The molecule has 3 aromatic rings. The first-order valence-electron chi connectivity index (χ1n) is 10.1. The molecule has 1 amide bonds. The van der Waals surface area contributed by atoms with Crippen LogP contribution in [0.25, 0.3) is 16.8 Å². The van der Waals surface area contributed by atoms with Crippen LogP contribution in [0.3, 0.4) is 0 Å². The van der Waals surface area contributed by atoms with Gasteiger partial charge in [-0.1, -0.05) is 6.07 Å². The zero-order valence-electron chi connectivity index (χ0n) is 17.2. The second-order valence-electron chi connectivity index (χ2n) is 7.32. The van der Waals surface area contributed by atoms with Crippen molar-refractivity contribution < 1.29 is 9.53 Å². The minimum atomic E-state index is -0.233. The number of aromatic nitrogens is 3. The molecule has 0 N–H and O–H groups in total. The second kappa shape index (κ2) is 8.41. The summed E-state index contributed by atoms with van der Waals surface area (Å²) < 4.78 is 6.85. The summed E-state index contributed by atoms with van der Waals surface area (Å²) in [5.41, 5.74) is 3.14. The number of ether oxygens (including phenoxy) is 1. The molecule has 1 aliphatic heterocycles. The zero-order valence-corrected chi connectivity index (χ0v) is 17.2. The molecule has 0 aromatic carbocycles. The lowest BCUT2D eigenvalue weighted by molar-refractivity contribution is 0.0970. The predicted octanol–water partition coefficient (Wildman–Crippen LogP) is 3.33. The monoisotopic (exact) mass is 404 g/mol. The maximum Gasteiger partial charge on any atom is 0.409 e. The highest BCUT2D eigenvalue weighted by Crippen LogP contribution is 2.27. The van der Waals surface area contributed by atoms with Gasteiger partial charge >= 0.3 is 6.09 Å². The van der Waals surface area contributed by atoms with Gasteiger partial charge in [-0.3, -0.25) is 0 Å². The number of piperidine rings is 1. The largest absolute Gasteiger partial charge is 0.450 e. The molecule has 0 bridgehead atoms. The van der Waals surface area contributed by atoms with Gasteiger partial charge in [0.1, 0.15) is 5.82 Å². The summed E-state index contributed by atoms with van der Waals surface area (Å²) in [5.74, 6) is 0.873. The molecule has 154 valence electrons. The molecule has 8 nitrogen and oxygen atoms in total. The highest BCUT2D eigenvalue weighted by atomic mass is 16.6. The SMILES string of the molecule is CCOC(=O)N1CCC(N(C)c2cccc(-c3cnn4ccc(C#N)cc34)n2)CC1. The molecule has 0 unspecified atom stereocenters. The minimum absolute atomic E-state index is 0.233. The smallest absolute Gasteiger partial charge is 0.409 e. The Balaban J connectivity index is 1.53. The van der Waals surface area contributed by atoms with Crippen LogP contribution in [0.2, 0.25) is 0 Å². The number of hydrogen-bond donors (Lipinski definition) is 0. The summed E-state index contributed by atoms with van der Waals surface area (Å²) >= 11 is 0. The van der Waals surface area contributed by atoms with Crippen molar-refractivity contribution in [2.24, 2.45) is 0 Å². The Kier molecular flexibility index (Phi) is 5.53. The Morgan fingerprint density at radius 2 is 2.13 bits per heavy atom. The fourth-order valence-electron chi connectivity index (χ4n) is 3.85. The number of carbonyl (C=O) groups is 1. The number of likely N-dealkylation sites (tertiary alicyclic amines) is 1. The number of nitrogens with zero attached hydrogens (tertiary/aromatic N) is 6. The summed E-state index contributed by atoms with van der Waals surface area (Å²) in [5, 5.41) is 13.6. The highest BCUT2D eigenvalue weighted by molar-refractivity contribution is 5.79. The number of pyridine rings is 2. The van der Waals surface area contributed by atoms with Gasteiger partial charge in [0.15, 0.2) is 0 Å². The molecule has 30 heavy (non-hydrogen) atoms. The highest BCUT2D eigenvalue weighted by Gasteiger charge is 2.26. The van der Waals surface area contributed by atoms with Crippen molar-refractivity contribution in [1.29, 1.82) is 5.26 Å². The van der Waals surface area contributed by atoms with Crippen molar-refractivity contribution in [3.63, 3.8) is 0 Å². The van der Waals surface area contributed by atoms with Crippen molar-refractivity contribution in [1.82, 2.24) is 19.5 Å². The van der Waals surface area contributed by atoms with Crippen LogP contribution < -0.4 is 4.90 Å². The fraction of sp³-hybridized carbons (Fsp3) is 0.364. The number of amides is 1. The van der Waals surface area contributed by atoms with E-state index < -0.39 is 0 Å². The van der Waals surface area contributed by atoms with Crippen LogP contribution in [0, 0.1) is 11.3 Å². The van der Waals surface area contributed by atoms with Gasteiger partial charge in [-0.15, -0.1) is 0 Å². The van der Waals surface area contributed by atoms with Gasteiger partial charge in [0.05, 0.1) is 35.6 Å². The maximum absolute atomic E-state index is 11.9. The van der Waals surface area contributed by atoms with Crippen LogP contribution in [0.4, 0.5) is 10.6 Å². The van der Waals surface area contributed by atoms with E-state index in [4.69, 9.17) is 9.72 Å². The van der Waals surface area contributed by atoms with E-state index >= 15 is 0 Å². The maximum atomic E-state index is 11.9. The van der Waals surface area contributed by atoms with E-state index in [-0.39, 0.29) is 6.09 Å². The summed E-state index contributed by atoms with van der Waals surface area (Å²) in [6, 6.07) is 12.0. The number of fused-ring (bicyclic) bond motifs is 1. The number of rotatable bonds is 4. The van der Waals surface area contributed by atoms with E-state index in [1.807, 2.05) is 38.2 Å². The Labute approximate surface area is 175 Å². The molecule has 1 saturated heterocycles. The molecule has 8 heteroatoms. The van der Waals surface area contributed by atoms with Crippen LogP contribution in [0.15, 0.2) is 42.7 Å². The minimum Gasteiger partial charge on any atom is -0.450 e. The van der Waals surface area contributed by atoms with E-state index in [1.165, 1.54) is 0 Å². The Bertz CT molecular complexity index is 1090. The Hall–Kier alpha value is -3.60. The lowest BCUT2D eigenvalue weighted by atomic mass is 10.0. The average molecular weight is 404 g/mol. The molecule has 3 aromatic heterocycles. The molecule has 0 saturated carbocycles. The third-order valence-corrected chi connectivity index (χ3v) is 5.56. The molecule has 0 atom stereocenters. The number of hydrogen-bond acceptors (Lipinski definition) is 6. The van der Waals surface area contributed by atoms with Gasteiger partial charge in [-0.25, -0.2) is 14.3 Å². The fourth-order valence-corrected chi connectivity index (χ4v) is 3.85. The van der Waals surface area contributed by atoms with Crippen LogP contribution in [0.1, 0.15) is 25.3 Å². The molecule has 1 fully saturated rings. The van der Waals surface area contributed by atoms with E-state index in [0.717, 1.165) is 35.4 Å². The van der Waals surface area contributed by atoms with Gasteiger partial charge in [-0.2, -0.15) is 10.4 Å². The van der Waals surface area contributed by atoms with Crippen LogP contribution in [-0.4, -0.2) is 58.4 Å². The Morgan fingerprint density at radius 1 is 1.33 bits per heavy atom. The molecule has 0 radical (unpaired) electrons. The molecule has 0 spiro atoms. The third kappa shape index (κ3) is 3.79. The summed E-state index contributed by atoms with van der Waals surface area (Å²) in [6.45, 7) is 3.58. The van der Waals surface area contributed by atoms with Gasteiger partial charge in [0.25, 0.3) is 0 Å². The molecule has 0 aliphatic carbocycles. The Morgan fingerprint density at radius 3 is 2.87 bits per heavy atom. The number of anilines is 1. The second-order valence-corrected chi connectivity index (χ2v) is 7.32. The molecule has 4 heterocycles. The van der Waals surface area contributed by atoms with Crippen LogP contribution in [-0.2, 0) is 4.74 Å². The van der Waals surface area contributed by atoms with Gasteiger partial charge in [0.2, 0.25) is 0 Å². The molecular weight excluding hydrogens is 380 g/mol. The zero-order chi connectivity index (χ0) is 21.1. The van der Waals surface area contributed by atoms with Crippen molar-refractivity contribution in [2.45, 2.75) is 25.8 Å². The van der Waals surface area contributed by atoms with Crippen molar-refractivity contribution in [3.8, 4) is 17.3 Å². The quantitative estimate of drug-likeness (QED) is 0.663. The summed E-state index contributed by atoms with van der Waals surface area (Å²) in [4.78, 5) is 20.7. The van der Waals surface area contributed by atoms with E-state index in [0.29, 0.717) is 31.3 Å². The standard InChI is InChI=1S/C22H24N6O2/c1-3-30-22(29)27-10-8-17(9-11-27)26(2)21-6-4-5-19(25-21)18-15-24-28-12-7-16(14-23)13-20(18)28/h4-7,12-13,15,17H,3,8-11H2,1-2H3. The first kappa shape index (κ1) is 19.7. The van der Waals surface area contributed by atoms with Gasteiger partial charge in [0, 0.05) is 37.9 Å². The van der Waals surface area contributed by atoms with E-state index in [2.05, 4.69) is 16.1 Å². The number of carbonyl (C=O) groups excluding carboxylic acids is 1. The van der Waals surface area contributed by atoms with Crippen LogP contribution >= 0.6 is 0 Å². The first-order chi connectivity index (χ1) is 14.6. The third-order valence-electron chi connectivity index (χ3n) is 5.56.